The molecular formula is C18H18F2N2O4S. The highest BCUT2D eigenvalue weighted by Gasteiger charge is 2.34. The molecule has 0 unspecified atom stereocenters. The number of benzene rings is 2. The Bertz CT molecular complexity index is 958. The molecule has 0 saturated carbocycles. The van der Waals surface area contributed by atoms with Crippen LogP contribution in [0.2, 0.25) is 0 Å². The molecule has 1 heterocycles. The molecule has 2 N–H and O–H groups in total. The van der Waals surface area contributed by atoms with Crippen molar-refractivity contribution in [3.05, 3.63) is 54.1 Å². The highest BCUT2D eigenvalue weighted by atomic mass is 32.2. The summed E-state index contributed by atoms with van der Waals surface area (Å²) >= 11 is 0. The van der Waals surface area contributed by atoms with E-state index in [-0.39, 0.29) is 43.3 Å². The Morgan fingerprint density at radius 3 is 2.44 bits per heavy atom. The van der Waals surface area contributed by atoms with Crippen LogP contribution in [0, 0.1) is 17.6 Å². The Morgan fingerprint density at radius 1 is 1.11 bits per heavy atom. The number of hydrogen-bond acceptors (Lipinski definition) is 4. The van der Waals surface area contributed by atoms with Crippen LogP contribution < -0.4 is 5.32 Å². The topological polar surface area (TPSA) is 86.7 Å². The summed E-state index contributed by atoms with van der Waals surface area (Å²) in [7, 11) is -4.18. The van der Waals surface area contributed by atoms with E-state index in [9.17, 15) is 27.1 Å². The smallest absolute Gasteiger partial charge is 0.246 e. The zero-order valence-corrected chi connectivity index (χ0v) is 15.0. The van der Waals surface area contributed by atoms with Crippen molar-refractivity contribution in [3.63, 3.8) is 0 Å². The van der Waals surface area contributed by atoms with E-state index in [1.165, 1.54) is 6.07 Å². The minimum Gasteiger partial charge on any atom is -0.506 e. The average Bonchev–Trinajstić information content (AvgIpc) is 2.65. The molecular weight excluding hydrogens is 378 g/mol. The van der Waals surface area contributed by atoms with Crippen LogP contribution in [0.25, 0.3) is 0 Å². The molecule has 2 aromatic rings. The number of hydrogen-bond donors (Lipinski definition) is 2. The molecule has 1 amide bonds. The molecule has 0 bridgehead atoms. The Labute approximate surface area is 155 Å². The number of aromatic hydroxyl groups is 1. The summed E-state index contributed by atoms with van der Waals surface area (Å²) in [6.07, 6.45) is 0.463. The van der Waals surface area contributed by atoms with Crippen LogP contribution in [0.3, 0.4) is 0 Å². The van der Waals surface area contributed by atoms with Crippen LogP contribution in [0.5, 0.6) is 5.75 Å². The number of carbonyl (C=O) groups excluding carboxylic acids is 1. The van der Waals surface area contributed by atoms with Gasteiger partial charge in [0.05, 0.1) is 5.69 Å². The molecule has 0 aliphatic carbocycles. The van der Waals surface area contributed by atoms with Crippen molar-refractivity contribution in [2.75, 3.05) is 18.4 Å². The lowest BCUT2D eigenvalue weighted by atomic mass is 9.97. The molecule has 2 aromatic carbocycles. The van der Waals surface area contributed by atoms with Crippen molar-refractivity contribution in [2.45, 2.75) is 17.7 Å². The Balaban J connectivity index is 1.67. The third kappa shape index (κ3) is 4.09. The first-order chi connectivity index (χ1) is 12.8. The minimum absolute atomic E-state index is 0.0111. The van der Waals surface area contributed by atoms with Gasteiger partial charge in [-0.05, 0) is 43.2 Å². The van der Waals surface area contributed by atoms with E-state index in [0.717, 1.165) is 16.4 Å². The third-order valence-corrected chi connectivity index (χ3v) is 6.41. The average molecular weight is 396 g/mol. The second-order valence-electron chi connectivity index (χ2n) is 6.26. The number of sulfonamides is 1. The second-order valence-corrected chi connectivity index (χ2v) is 8.17. The predicted octanol–water partition coefficient (Wildman–Crippen LogP) is 2.71. The zero-order chi connectivity index (χ0) is 19.6. The van der Waals surface area contributed by atoms with Crippen LogP contribution in [-0.2, 0) is 14.8 Å². The van der Waals surface area contributed by atoms with E-state index < -0.39 is 32.5 Å². The second kappa shape index (κ2) is 7.61. The van der Waals surface area contributed by atoms with Gasteiger partial charge in [-0.25, -0.2) is 17.2 Å². The van der Waals surface area contributed by atoms with Crippen molar-refractivity contribution >= 4 is 21.6 Å². The molecule has 144 valence electrons. The maximum atomic E-state index is 13.8. The molecule has 0 atom stereocenters. The van der Waals surface area contributed by atoms with Gasteiger partial charge in [-0.2, -0.15) is 4.31 Å². The summed E-state index contributed by atoms with van der Waals surface area (Å²) < 4.78 is 53.3. The predicted molar refractivity (Wildman–Crippen MR) is 94.6 cm³/mol. The van der Waals surface area contributed by atoms with Gasteiger partial charge in [0.1, 0.15) is 22.3 Å². The largest absolute Gasteiger partial charge is 0.506 e. The summed E-state index contributed by atoms with van der Waals surface area (Å²) in [4.78, 5) is 11.6. The number of anilines is 1. The molecule has 3 rings (SSSR count). The number of nitrogens with zero attached hydrogens (tertiary/aromatic N) is 1. The first-order valence-electron chi connectivity index (χ1n) is 8.33. The number of amides is 1. The normalized spacial score (nSPS) is 16.2. The van der Waals surface area contributed by atoms with Crippen LogP contribution in [0.4, 0.5) is 14.5 Å². The molecule has 6 nitrogen and oxygen atoms in total. The van der Waals surface area contributed by atoms with Crippen molar-refractivity contribution in [1.29, 1.82) is 0 Å². The number of halogens is 2. The fourth-order valence-electron chi connectivity index (χ4n) is 2.99. The van der Waals surface area contributed by atoms with Crippen LogP contribution in [0.15, 0.2) is 47.4 Å². The molecule has 9 heteroatoms. The van der Waals surface area contributed by atoms with Gasteiger partial charge in [0, 0.05) is 19.0 Å². The fraction of sp³-hybridized carbons (Fsp3) is 0.278. The van der Waals surface area contributed by atoms with E-state index in [0.29, 0.717) is 6.07 Å². The molecule has 27 heavy (non-hydrogen) atoms. The van der Waals surface area contributed by atoms with Crippen molar-refractivity contribution in [3.8, 4) is 5.75 Å². The number of phenolic OH excluding ortho intramolecular Hbond substituents is 1. The number of rotatable bonds is 4. The number of nitrogens with one attached hydrogen (secondary N) is 1. The highest BCUT2D eigenvalue weighted by Crippen LogP contribution is 2.28. The van der Waals surface area contributed by atoms with Crippen molar-refractivity contribution in [1.82, 2.24) is 4.31 Å². The maximum absolute atomic E-state index is 13.8. The van der Waals surface area contributed by atoms with Crippen LogP contribution in [0.1, 0.15) is 12.8 Å². The lowest BCUT2D eigenvalue weighted by molar-refractivity contribution is -0.120. The third-order valence-electron chi connectivity index (χ3n) is 4.50. The summed E-state index contributed by atoms with van der Waals surface area (Å²) in [5.41, 5.74) is 0.277. The molecule has 1 aliphatic heterocycles. The quantitative estimate of drug-likeness (QED) is 0.778. The van der Waals surface area contributed by atoms with Gasteiger partial charge in [-0.1, -0.05) is 12.1 Å². The highest BCUT2D eigenvalue weighted by molar-refractivity contribution is 7.89. The Kier molecular flexibility index (Phi) is 5.43. The summed E-state index contributed by atoms with van der Waals surface area (Å²) in [6.45, 7) is 0.0221. The van der Waals surface area contributed by atoms with Gasteiger partial charge in [0.25, 0.3) is 0 Å². The Morgan fingerprint density at radius 2 is 1.78 bits per heavy atom. The van der Waals surface area contributed by atoms with Crippen molar-refractivity contribution < 1.29 is 27.1 Å². The molecule has 1 saturated heterocycles. The van der Waals surface area contributed by atoms with Crippen LogP contribution in [-0.4, -0.2) is 36.8 Å². The van der Waals surface area contributed by atoms with Gasteiger partial charge in [-0.3, -0.25) is 4.79 Å². The summed E-state index contributed by atoms with van der Waals surface area (Å²) in [5.74, 6) is -2.70. The minimum atomic E-state index is -4.18. The summed E-state index contributed by atoms with van der Waals surface area (Å²) in [6, 6.07) is 8.57. The molecule has 1 fully saturated rings. The summed E-state index contributed by atoms with van der Waals surface area (Å²) in [5, 5.41) is 12.3. The standard InChI is InChI=1S/C18H18F2N2O4S/c19-13-5-6-14(20)17(11-13)27(25,26)22-9-7-12(8-10-22)18(24)21-15-3-1-2-4-16(15)23/h1-6,11-12,23H,7-10H2,(H,21,24). The molecule has 0 aromatic heterocycles. The Hall–Kier alpha value is -2.52. The lowest BCUT2D eigenvalue weighted by Crippen LogP contribution is -2.41. The number of carbonyl (C=O) groups is 1. The van der Waals surface area contributed by atoms with E-state index in [4.69, 9.17) is 0 Å². The van der Waals surface area contributed by atoms with E-state index >= 15 is 0 Å². The van der Waals surface area contributed by atoms with E-state index in [1.54, 1.807) is 18.2 Å². The first kappa shape index (κ1) is 19.2. The lowest BCUT2D eigenvalue weighted by Gasteiger charge is -2.30. The SMILES string of the molecule is O=C(Nc1ccccc1O)C1CCN(S(=O)(=O)c2cc(F)ccc2F)CC1. The van der Waals surface area contributed by atoms with Gasteiger partial charge < -0.3 is 10.4 Å². The number of phenols is 1. The van der Waals surface area contributed by atoms with Crippen molar-refractivity contribution in [2.24, 2.45) is 5.92 Å². The van der Waals surface area contributed by atoms with E-state index in [2.05, 4.69) is 5.32 Å². The fourth-order valence-corrected chi connectivity index (χ4v) is 4.53. The van der Waals surface area contributed by atoms with E-state index in [1.807, 2.05) is 0 Å². The van der Waals surface area contributed by atoms with Gasteiger partial charge in [0.15, 0.2) is 0 Å². The zero-order valence-electron chi connectivity index (χ0n) is 14.2. The number of para-hydroxylation sites is 2. The van der Waals surface area contributed by atoms with Crippen LogP contribution >= 0.6 is 0 Å². The molecule has 1 aliphatic rings. The monoisotopic (exact) mass is 396 g/mol. The maximum Gasteiger partial charge on any atom is 0.246 e. The van der Waals surface area contributed by atoms with Gasteiger partial charge in [0.2, 0.25) is 15.9 Å². The first-order valence-corrected chi connectivity index (χ1v) is 9.77. The molecule has 0 spiro atoms. The number of piperidine rings is 1. The van der Waals surface area contributed by atoms with Gasteiger partial charge >= 0.3 is 0 Å². The van der Waals surface area contributed by atoms with Gasteiger partial charge in [-0.15, -0.1) is 0 Å². The molecule has 0 radical (unpaired) electrons.